The third-order valence-electron chi connectivity index (χ3n) is 4.17. The molecule has 2 N–H and O–H groups in total. The van der Waals surface area contributed by atoms with E-state index in [1.807, 2.05) is 0 Å². The molecule has 0 aliphatic heterocycles. The first-order valence-corrected chi connectivity index (χ1v) is 6.44. The van der Waals surface area contributed by atoms with E-state index in [-0.39, 0.29) is 11.8 Å². The lowest BCUT2D eigenvalue weighted by Gasteiger charge is -2.20. The Kier molecular flexibility index (Phi) is 2.44. The van der Waals surface area contributed by atoms with E-state index in [4.69, 9.17) is 5.73 Å². The van der Waals surface area contributed by atoms with Crippen molar-refractivity contribution in [2.75, 3.05) is 0 Å². The second-order valence-corrected chi connectivity index (χ2v) is 5.35. The molecule has 94 valence electrons. The van der Waals surface area contributed by atoms with E-state index in [0.717, 1.165) is 19.3 Å². The van der Waals surface area contributed by atoms with Crippen LogP contribution in [0.1, 0.15) is 23.2 Å². The molecule has 0 spiro atoms. The number of carbonyl (C=O) groups is 1. The lowest BCUT2D eigenvalue weighted by molar-refractivity contribution is -0.122. The highest BCUT2D eigenvalue weighted by Gasteiger charge is 2.27. The SMILES string of the molecule is Cc1ccc2c(c1)c1c(n2C)CCC(C(N)=O)C1. The highest BCUT2D eigenvalue weighted by Crippen LogP contribution is 2.34. The van der Waals surface area contributed by atoms with Crippen LogP contribution in [0, 0.1) is 12.8 Å². The quantitative estimate of drug-likeness (QED) is 0.817. The number of aromatic nitrogens is 1. The van der Waals surface area contributed by atoms with Crippen molar-refractivity contribution in [3.05, 3.63) is 35.0 Å². The smallest absolute Gasteiger partial charge is 0.220 e. The van der Waals surface area contributed by atoms with Crippen LogP contribution in [0.2, 0.25) is 0 Å². The number of rotatable bonds is 1. The number of carbonyl (C=O) groups excluding carboxylic acids is 1. The Balaban J connectivity index is 2.20. The van der Waals surface area contributed by atoms with E-state index in [1.54, 1.807) is 0 Å². The first kappa shape index (κ1) is 11.3. The number of nitrogens with two attached hydrogens (primary N) is 1. The van der Waals surface area contributed by atoms with Gasteiger partial charge >= 0.3 is 0 Å². The molecule has 3 nitrogen and oxygen atoms in total. The van der Waals surface area contributed by atoms with Gasteiger partial charge in [-0.1, -0.05) is 11.6 Å². The second kappa shape index (κ2) is 3.87. The third kappa shape index (κ3) is 1.54. The molecule has 1 unspecified atom stereocenters. The molecule has 1 aromatic heterocycles. The van der Waals surface area contributed by atoms with Crippen molar-refractivity contribution in [1.29, 1.82) is 0 Å². The van der Waals surface area contributed by atoms with Gasteiger partial charge in [-0.15, -0.1) is 0 Å². The maximum absolute atomic E-state index is 11.4. The van der Waals surface area contributed by atoms with Gasteiger partial charge in [0, 0.05) is 29.6 Å². The second-order valence-electron chi connectivity index (χ2n) is 5.35. The molecule has 0 fully saturated rings. The third-order valence-corrected chi connectivity index (χ3v) is 4.17. The Morgan fingerprint density at radius 3 is 2.94 bits per heavy atom. The fourth-order valence-electron chi connectivity index (χ4n) is 3.14. The van der Waals surface area contributed by atoms with Gasteiger partial charge in [-0.05, 0) is 43.9 Å². The fraction of sp³-hybridized carbons (Fsp3) is 0.400. The van der Waals surface area contributed by atoms with Crippen molar-refractivity contribution in [3.63, 3.8) is 0 Å². The van der Waals surface area contributed by atoms with Crippen LogP contribution in [0.5, 0.6) is 0 Å². The van der Waals surface area contributed by atoms with E-state index < -0.39 is 0 Å². The molecule has 0 radical (unpaired) electrons. The average molecular weight is 242 g/mol. The van der Waals surface area contributed by atoms with E-state index in [0.29, 0.717) is 0 Å². The summed E-state index contributed by atoms with van der Waals surface area (Å²) in [5.74, 6) is -0.158. The van der Waals surface area contributed by atoms with Crippen LogP contribution in [0.25, 0.3) is 10.9 Å². The number of benzene rings is 1. The highest BCUT2D eigenvalue weighted by atomic mass is 16.1. The van der Waals surface area contributed by atoms with E-state index in [9.17, 15) is 4.79 Å². The number of amides is 1. The van der Waals surface area contributed by atoms with Gasteiger partial charge in [0.25, 0.3) is 0 Å². The number of hydrogen-bond donors (Lipinski definition) is 1. The van der Waals surface area contributed by atoms with Crippen molar-refractivity contribution < 1.29 is 4.79 Å². The van der Waals surface area contributed by atoms with Gasteiger partial charge in [0.05, 0.1) is 0 Å². The summed E-state index contributed by atoms with van der Waals surface area (Å²) >= 11 is 0. The normalized spacial score (nSPS) is 18.9. The maximum Gasteiger partial charge on any atom is 0.220 e. The predicted octanol–water partition coefficient (Wildman–Crippen LogP) is 2.08. The zero-order chi connectivity index (χ0) is 12.9. The van der Waals surface area contributed by atoms with Crippen LogP contribution in [0.3, 0.4) is 0 Å². The van der Waals surface area contributed by atoms with Gasteiger partial charge in [0.1, 0.15) is 0 Å². The molecule has 1 aromatic carbocycles. The summed E-state index contributed by atoms with van der Waals surface area (Å²) in [7, 11) is 2.11. The standard InChI is InChI=1S/C15H18N2O/c1-9-3-5-13-11(7-9)12-8-10(15(16)18)4-6-14(12)17(13)2/h3,5,7,10H,4,6,8H2,1-2H3,(H2,16,18). The van der Waals surface area contributed by atoms with Crippen LogP contribution in [0.4, 0.5) is 0 Å². The van der Waals surface area contributed by atoms with E-state index >= 15 is 0 Å². The van der Waals surface area contributed by atoms with Crippen LogP contribution in [-0.2, 0) is 24.7 Å². The van der Waals surface area contributed by atoms with Crippen molar-refractivity contribution in [1.82, 2.24) is 4.57 Å². The monoisotopic (exact) mass is 242 g/mol. The molecule has 0 bridgehead atoms. The molecule has 1 aliphatic carbocycles. The number of fused-ring (bicyclic) bond motifs is 3. The maximum atomic E-state index is 11.4. The summed E-state index contributed by atoms with van der Waals surface area (Å²) in [5.41, 5.74) is 10.7. The van der Waals surface area contributed by atoms with Gasteiger partial charge in [0.2, 0.25) is 5.91 Å². The Bertz CT molecular complexity index is 639. The molecule has 1 amide bonds. The minimum absolute atomic E-state index is 0.00334. The van der Waals surface area contributed by atoms with Crippen molar-refractivity contribution in [3.8, 4) is 0 Å². The molecule has 3 heteroatoms. The molecular formula is C15H18N2O. The van der Waals surface area contributed by atoms with Crippen LogP contribution in [-0.4, -0.2) is 10.5 Å². The minimum Gasteiger partial charge on any atom is -0.369 e. The van der Waals surface area contributed by atoms with Gasteiger partial charge in [-0.2, -0.15) is 0 Å². The molecule has 1 atom stereocenters. The van der Waals surface area contributed by atoms with Gasteiger partial charge in [-0.25, -0.2) is 0 Å². The van der Waals surface area contributed by atoms with Crippen molar-refractivity contribution in [2.45, 2.75) is 26.2 Å². The Morgan fingerprint density at radius 2 is 2.22 bits per heavy atom. The summed E-state index contributed by atoms with van der Waals surface area (Å²) in [6.45, 7) is 2.10. The fourth-order valence-corrected chi connectivity index (χ4v) is 3.14. The summed E-state index contributed by atoms with van der Waals surface area (Å²) in [6, 6.07) is 6.53. The highest BCUT2D eigenvalue weighted by molar-refractivity contribution is 5.88. The van der Waals surface area contributed by atoms with Gasteiger partial charge in [-0.3, -0.25) is 4.79 Å². The summed E-state index contributed by atoms with van der Waals surface area (Å²) in [4.78, 5) is 11.4. The molecule has 1 heterocycles. The Morgan fingerprint density at radius 1 is 1.44 bits per heavy atom. The lowest BCUT2D eigenvalue weighted by Crippen LogP contribution is -2.28. The van der Waals surface area contributed by atoms with Crippen LogP contribution >= 0.6 is 0 Å². The molecule has 2 aromatic rings. The lowest BCUT2D eigenvalue weighted by atomic mass is 9.86. The topological polar surface area (TPSA) is 48.0 Å². The first-order valence-electron chi connectivity index (χ1n) is 6.44. The largest absolute Gasteiger partial charge is 0.369 e. The Labute approximate surface area is 107 Å². The van der Waals surface area contributed by atoms with Crippen molar-refractivity contribution >= 4 is 16.8 Å². The zero-order valence-electron chi connectivity index (χ0n) is 10.9. The average Bonchev–Trinajstić information content (AvgIpc) is 2.62. The van der Waals surface area contributed by atoms with Crippen LogP contribution in [0.15, 0.2) is 18.2 Å². The molecule has 18 heavy (non-hydrogen) atoms. The number of nitrogens with zero attached hydrogens (tertiary/aromatic N) is 1. The number of aryl methyl sites for hydroxylation is 2. The molecular weight excluding hydrogens is 224 g/mol. The number of primary amides is 1. The van der Waals surface area contributed by atoms with Crippen LogP contribution < -0.4 is 5.73 Å². The molecule has 1 aliphatic rings. The summed E-state index contributed by atoms with van der Waals surface area (Å²) in [6.07, 6.45) is 2.63. The zero-order valence-corrected chi connectivity index (χ0v) is 10.9. The van der Waals surface area contributed by atoms with E-state index in [2.05, 4.69) is 36.7 Å². The summed E-state index contributed by atoms with van der Waals surface area (Å²) < 4.78 is 2.27. The molecule has 3 rings (SSSR count). The predicted molar refractivity (Wildman–Crippen MR) is 72.4 cm³/mol. The number of hydrogen-bond acceptors (Lipinski definition) is 1. The molecule has 0 saturated carbocycles. The molecule has 0 saturated heterocycles. The van der Waals surface area contributed by atoms with Gasteiger partial charge in [0.15, 0.2) is 0 Å². The minimum atomic E-state index is -0.162. The Hall–Kier alpha value is -1.77. The summed E-state index contributed by atoms with van der Waals surface area (Å²) in [5, 5.41) is 1.29. The first-order chi connectivity index (χ1) is 8.58. The van der Waals surface area contributed by atoms with E-state index in [1.165, 1.54) is 27.7 Å². The van der Waals surface area contributed by atoms with Gasteiger partial charge < -0.3 is 10.3 Å². The van der Waals surface area contributed by atoms with Crippen molar-refractivity contribution in [2.24, 2.45) is 18.7 Å².